The number of nitrogens with zero attached hydrogens (tertiary/aromatic N) is 1. The van der Waals surface area contributed by atoms with Crippen molar-refractivity contribution in [2.45, 2.75) is 26.9 Å². The molecule has 186 valence electrons. The van der Waals surface area contributed by atoms with Gasteiger partial charge in [-0.15, -0.1) is 0 Å². The first-order valence-electron chi connectivity index (χ1n) is 12.1. The number of nitrogens with one attached hydrogen (secondary N) is 1. The fourth-order valence-corrected chi connectivity index (χ4v) is 4.55. The number of fused-ring (bicyclic) bond motifs is 1. The Balaban J connectivity index is 1.57. The van der Waals surface area contributed by atoms with E-state index in [1.807, 2.05) is 67.6 Å². The van der Waals surface area contributed by atoms with E-state index in [0.717, 1.165) is 22.8 Å². The average molecular weight is 555 g/mol. The highest BCUT2D eigenvalue weighted by Gasteiger charge is 2.15. The molecule has 0 spiro atoms. The second-order valence-electron chi connectivity index (χ2n) is 8.36. The normalized spacial score (nSPS) is 11.1. The van der Waals surface area contributed by atoms with Gasteiger partial charge in [0.1, 0.15) is 18.2 Å². The lowest BCUT2D eigenvalue weighted by Gasteiger charge is -2.16. The van der Waals surface area contributed by atoms with E-state index in [0.29, 0.717) is 40.4 Å². The molecule has 0 aliphatic heterocycles. The van der Waals surface area contributed by atoms with Gasteiger partial charge in [-0.25, -0.2) is 0 Å². The first-order valence-corrected chi connectivity index (χ1v) is 12.9. The van der Waals surface area contributed by atoms with Crippen LogP contribution in [0.4, 0.5) is 5.69 Å². The molecule has 0 unspecified atom stereocenters. The van der Waals surface area contributed by atoms with Gasteiger partial charge in [0.05, 0.1) is 11.1 Å². The molecule has 0 aromatic heterocycles. The minimum absolute atomic E-state index is 0.0154. The van der Waals surface area contributed by atoms with Gasteiger partial charge in [0.25, 0.3) is 5.91 Å². The van der Waals surface area contributed by atoms with E-state index in [-0.39, 0.29) is 5.57 Å². The molecular formula is C31H27BrN2O3. The van der Waals surface area contributed by atoms with Crippen LogP contribution in [0.5, 0.6) is 11.5 Å². The Hall–Kier alpha value is -4.08. The van der Waals surface area contributed by atoms with Gasteiger partial charge in [-0.2, -0.15) is 5.26 Å². The molecule has 5 nitrogen and oxygen atoms in total. The van der Waals surface area contributed by atoms with Crippen LogP contribution >= 0.6 is 15.9 Å². The van der Waals surface area contributed by atoms with Crippen LogP contribution < -0.4 is 14.8 Å². The fraction of sp³-hybridized carbons (Fsp3) is 0.161. The smallest absolute Gasteiger partial charge is 0.266 e. The Morgan fingerprint density at radius 2 is 1.76 bits per heavy atom. The zero-order chi connectivity index (χ0) is 26.2. The third kappa shape index (κ3) is 6.38. The van der Waals surface area contributed by atoms with Crippen LogP contribution in [0.1, 0.15) is 30.5 Å². The van der Waals surface area contributed by atoms with Crippen molar-refractivity contribution in [2.24, 2.45) is 0 Å². The number of halogens is 1. The number of benzene rings is 4. The first-order chi connectivity index (χ1) is 18.0. The van der Waals surface area contributed by atoms with Gasteiger partial charge in [-0.1, -0.05) is 61.5 Å². The van der Waals surface area contributed by atoms with Crippen LogP contribution in [-0.4, -0.2) is 12.5 Å². The molecule has 0 fully saturated rings. The topological polar surface area (TPSA) is 71.3 Å². The van der Waals surface area contributed by atoms with Crippen molar-refractivity contribution in [3.63, 3.8) is 0 Å². The summed E-state index contributed by atoms with van der Waals surface area (Å²) in [5.41, 5.74) is 3.49. The van der Waals surface area contributed by atoms with E-state index in [9.17, 15) is 10.1 Å². The van der Waals surface area contributed by atoms with Gasteiger partial charge in [0, 0.05) is 5.69 Å². The predicted octanol–water partition coefficient (Wildman–Crippen LogP) is 7.69. The molecule has 0 aliphatic carbocycles. The summed E-state index contributed by atoms with van der Waals surface area (Å²) < 4.78 is 12.7. The molecule has 37 heavy (non-hydrogen) atoms. The van der Waals surface area contributed by atoms with E-state index >= 15 is 0 Å². The largest absolute Gasteiger partial charge is 0.490 e. The number of amides is 1. The predicted molar refractivity (Wildman–Crippen MR) is 152 cm³/mol. The second-order valence-corrected chi connectivity index (χ2v) is 9.22. The number of rotatable bonds is 9. The number of hydrogen-bond donors (Lipinski definition) is 1. The zero-order valence-corrected chi connectivity index (χ0v) is 22.3. The summed E-state index contributed by atoms with van der Waals surface area (Å²) in [5.74, 6) is 0.610. The fourth-order valence-electron chi connectivity index (χ4n) is 3.98. The molecule has 0 atom stereocenters. The highest BCUT2D eigenvalue weighted by Crippen LogP contribution is 2.38. The van der Waals surface area contributed by atoms with Crippen LogP contribution in [-0.2, 0) is 17.8 Å². The van der Waals surface area contributed by atoms with Crippen LogP contribution in [0.25, 0.3) is 16.8 Å². The number of carbonyl (C=O) groups is 1. The number of anilines is 1. The molecule has 6 heteroatoms. The zero-order valence-electron chi connectivity index (χ0n) is 20.8. The quantitative estimate of drug-likeness (QED) is 0.170. The Bertz CT molecular complexity index is 1480. The molecule has 0 saturated carbocycles. The van der Waals surface area contributed by atoms with Crippen LogP contribution in [0.15, 0.2) is 88.9 Å². The van der Waals surface area contributed by atoms with Gasteiger partial charge in [-0.3, -0.25) is 4.79 Å². The third-order valence-electron chi connectivity index (χ3n) is 5.88. The minimum atomic E-state index is -0.475. The Kier molecular flexibility index (Phi) is 8.60. The van der Waals surface area contributed by atoms with Gasteiger partial charge >= 0.3 is 0 Å². The summed E-state index contributed by atoms with van der Waals surface area (Å²) in [6, 6.07) is 27.5. The minimum Gasteiger partial charge on any atom is -0.490 e. The van der Waals surface area contributed by atoms with Crippen LogP contribution in [0, 0.1) is 11.3 Å². The lowest BCUT2D eigenvalue weighted by atomic mass is 10.1. The maximum absolute atomic E-state index is 12.8. The SMILES string of the molecule is CCOc1cc(/C=C(/C#N)C(=O)Nc2ccc(CC)cc2)cc(Br)c1OCc1cccc2ccccc12. The third-order valence-corrected chi connectivity index (χ3v) is 6.47. The van der Waals surface area contributed by atoms with Crippen molar-refractivity contribution in [3.8, 4) is 17.6 Å². The summed E-state index contributed by atoms with van der Waals surface area (Å²) in [4.78, 5) is 12.8. The van der Waals surface area contributed by atoms with Crippen molar-refractivity contribution >= 4 is 44.4 Å². The molecule has 0 radical (unpaired) electrons. The van der Waals surface area contributed by atoms with E-state index in [4.69, 9.17) is 9.47 Å². The molecule has 0 bridgehead atoms. The van der Waals surface area contributed by atoms with E-state index < -0.39 is 5.91 Å². The monoisotopic (exact) mass is 554 g/mol. The number of ether oxygens (including phenoxy) is 2. The molecular weight excluding hydrogens is 528 g/mol. The Morgan fingerprint density at radius 3 is 2.49 bits per heavy atom. The van der Waals surface area contributed by atoms with Crippen molar-refractivity contribution < 1.29 is 14.3 Å². The van der Waals surface area contributed by atoms with E-state index in [1.165, 1.54) is 11.6 Å². The Labute approximate surface area is 225 Å². The summed E-state index contributed by atoms with van der Waals surface area (Å²) in [6.07, 6.45) is 2.45. The summed E-state index contributed by atoms with van der Waals surface area (Å²) in [6.45, 7) is 4.75. The maximum atomic E-state index is 12.8. The van der Waals surface area contributed by atoms with Crippen LogP contribution in [0.2, 0.25) is 0 Å². The highest BCUT2D eigenvalue weighted by atomic mass is 79.9. The van der Waals surface area contributed by atoms with Crippen LogP contribution in [0.3, 0.4) is 0 Å². The number of aryl methyl sites for hydroxylation is 1. The number of carbonyl (C=O) groups excluding carboxylic acids is 1. The van der Waals surface area contributed by atoms with Gasteiger partial charge in [0.2, 0.25) is 0 Å². The molecule has 0 aliphatic rings. The standard InChI is InChI=1S/C31H27BrN2O3/c1-3-21-12-14-26(15-13-21)34-31(35)25(19-33)16-22-17-28(32)30(29(18-22)36-4-2)37-20-24-10-7-9-23-8-5-6-11-27(23)24/h5-18H,3-4,20H2,1-2H3,(H,34,35)/b25-16-. The van der Waals surface area contributed by atoms with Crippen molar-refractivity contribution in [1.82, 2.24) is 0 Å². The van der Waals surface area contributed by atoms with Crippen molar-refractivity contribution in [2.75, 3.05) is 11.9 Å². The van der Waals surface area contributed by atoms with Gasteiger partial charge < -0.3 is 14.8 Å². The molecule has 1 amide bonds. The molecule has 4 rings (SSSR count). The van der Waals surface area contributed by atoms with E-state index in [2.05, 4.69) is 46.4 Å². The average Bonchev–Trinajstić information content (AvgIpc) is 2.92. The summed E-state index contributed by atoms with van der Waals surface area (Å²) in [5, 5.41) is 14.7. The lowest BCUT2D eigenvalue weighted by molar-refractivity contribution is -0.112. The van der Waals surface area contributed by atoms with Gasteiger partial charge in [0.15, 0.2) is 11.5 Å². The molecule has 0 heterocycles. The highest BCUT2D eigenvalue weighted by molar-refractivity contribution is 9.10. The molecule has 0 saturated heterocycles. The summed E-state index contributed by atoms with van der Waals surface area (Å²) in [7, 11) is 0. The lowest BCUT2D eigenvalue weighted by Crippen LogP contribution is -2.13. The molecule has 4 aromatic rings. The Morgan fingerprint density at radius 1 is 1.00 bits per heavy atom. The second kappa shape index (κ2) is 12.2. The molecule has 4 aromatic carbocycles. The number of hydrogen-bond acceptors (Lipinski definition) is 4. The van der Waals surface area contributed by atoms with Gasteiger partial charge in [-0.05, 0) is 87.1 Å². The molecule has 1 N–H and O–H groups in total. The van der Waals surface area contributed by atoms with E-state index in [1.54, 1.807) is 6.07 Å². The number of nitriles is 1. The maximum Gasteiger partial charge on any atom is 0.266 e. The first kappa shape index (κ1) is 26.0. The van der Waals surface area contributed by atoms with Crippen molar-refractivity contribution in [3.05, 3.63) is 106 Å². The summed E-state index contributed by atoms with van der Waals surface area (Å²) >= 11 is 3.59. The van der Waals surface area contributed by atoms with Crippen molar-refractivity contribution in [1.29, 1.82) is 5.26 Å².